The van der Waals surface area contributed by atoms with Crippen LogP contribution in [-0.2, 0) is 0 Å². The molecule has 10 rings (SSSR count). The Balaban J connectivity index is 1.29. The first-order valence-corrected chi connectivity index (χ1v) is 16.7. The largest absolute Gasteiger partial charge is 0.309 e. The lowest BCUT2D eigenvalue weighted by Gasteiger charge is -2.40. The summed E-state index contributed by atoms with van der Waals surface area (Å²) in [7, 11) is 0. The molecule has 0 amide bonds. The Morgan fingerprint density at radius 1 is 0.404 bits per heavy atom. The molecule has 0 N–H and O–H groups in total. The maximum atomic E-state index is 2.53. The number of rotatable bonds is 4. The van der Waals surface area contributed by atoms with Gasteiger partial charge in [-0.15, -0.1) is 0 Å². The first-order chi connectivity index (χ1) is 23.1. The number of fused-ring (bicyclic) bond motifs is 10. The molecule has 47 heavy (non-hydrogen) atoms. The highest BCUT2D eigenvalue weighted by Gasteiger charge is 2.51. The smallest absolute Gasteiger partial charge is 0.0582 e. The van der Waals surface area contributed by atoms with Crippen LogP contribution in [0.25, 0.3) is 55.7 Å². The van der Waals surface area contributed by atoms with Crippen molar-refractivity contribution < 1.29 is 0 Å². The van der Waals surface area contributed by atoms with E-state index in [0.717, 1.165) is 0 Å². The molecule has 2 heteroatoms. The molecule has 0 radical (unpaired) electrons. The van der Waals surface area contributed by atoms with Gasteiger partial charge in [-0.25, -0.2) is 0 Å². The van der Waals surface area contributed by atoms with Crippen LogP contribution in [0.1, 0.15) is 47.9 Å². The number of hydrogen-bond acceptors (Lipinski definition) is 0. The van der Waals surface area contributed by atoms with Crippen molar-refractivity contribution in [2.75, 3.05) is 0 Å². The van der Waals surface area contributed by atoms with Gasteiger partial charge in [0.15, 0.2) is 0 Å². The van der Waals surface area contributed by atoms with Gasteiger partial charge in [-0.1, -0.05) is 135 Å². The average molecular weight is 603 g/mol. The Kier molecular flexibility index (Phi) is 5.49. The minimum atomic E-state index is -0.181. The van der Waals surface area contributed by atoms with Crippen LogP contribution < -0.4 is 0 Å². The Bertz CT molecular complexity index is 2320. The summed E-state index contributed by atoms with van der Waals surface area (Å²) in [6.07, 6.45) is 0. The van der Waals surface area contributed by atoms with Gasteiger partial charge in [0.2, 0.25) is 0 Å². The van der Waals surface area contributed by atoms with Crippen LogP contribution in [0.5, 0.6) is 0 Å². The molecular formula is C45H34N2. The third kappa shape index (κ3) is 3.50. The first-order valence-electron chi connectivity index (χ1n) is 16.7. The van der Waals surface area contributed by atoms with E-state index in [0.29, 0.717) is 0 Å². The maximum Gasteiger partial charge on any atom is 0.0582 e. The maximum absolute atomic E-state index is 2.53. The lowest BCUT2D eigenvalue weighted by Crippen LogP contribution is -2.29. The van der Waals surface area contributed by atoms with Crippen molar-refractivity contribution in [3.63, 3.8) is 0 Å². The van der Waals surface area contributed by atoms with Crippen LogP contribution >= 0.6 is 0 Å². The zero-order valence-corrected chi connectivity index (χ0v) is 26.6. The summed E-state index contributed by atoms with van der Waals surface area (Å²) in [6, 6.07) is 58.2. The summed E-state index contributed by atoms with van der Waals surface area (Å²) in [5.41, 5.74) is 15.9. The van der Waals surface area contributed by atoms with Crippen molar-refractivity contribution in [3.8, 4) is 33.9 Å². The highest BCUT2D eigenvalue weighted by molar-refractivity contribution is 6.00. The lowest BCUT2D eigenvalue weighted by molar-refractivity contribution is 0.284. The van der Waals surface area contributed by atoms with E-state index in [9.17, 15) is 0 Å². The summed E-state index contributed by atoms with van der Waals surface area (Å²) in [5, 5.41) is 2.69. The van der Waals surface area contributed by atoms with E-state index in [1.807, 2.05) is 0 Å². The predicted molar refractivity (Wildman–Crippen MR) is 195 cm³/mol. The standard InChI is InChI=1S/C45H34N2/c1-45(2,41-31-21-9-11-23-33(31)43-39(41)35-25-13-15-27-37(35)46(43)29-17-5-3-6-18-29)42-32-22-10-12-24-34(32)44-40(42)36-26-14-16-28-38(36)47(44)30-19-7-4-8-20-30/h3-28,41-42H,1-2H3. The molecule has 2 aromatic heterocycles. The number of benzene rings is 6. The van der Waals surface area contributed by atoms with Crippen LogP contribution in [0.4, 0.5) is 0 Å². The summed E-state index contributed by atoms with van der Waals surface area (Å²) < 4.78 is 5.02. The van der Waals surface area contributed by atoms with Crippen LogP contribution in [0.15, 0.2) is 158 Å². The number of hydrogen-bond donors (Lipinski definition) is 0. The highest BCUT2D eigenvalue weighted by Crippen LogP contribution is 2.65. The highest BCUT2D eigenvalue weighted by atomic mass is 15.0. The monoisotopic (exact) mass is 602 g/mol. The summed E-state index contributed by atoms with van der Waals surface area (Å²) >= 11 is 0. The van der Waals surface area contributed by atoms with Crippen LogP contribution in [-0.4, -0.2) is 9.13 Å². The van der Waals surface area contributed by atoms with E-state index in [4.69, 9.17) is 0 Å². The number of nitrogens with zero attached hydrogens (tertiary/aromatic N) is 2. The minimum Gasteiger partial charge on any atom is -0.309 e. The van der Waals surface area contributed by atoms with E-state index >= 15 is 0 Å². The third-order valence-corrected chi connectivity index (χ3v) is 11.0. The van der Waals surface area contributed by atoms with Crippen molar-refractivity contribution in [1.29, 1.82) is 0 Å². The molecule has 2 heterocycles. The van der Waals surface area contributed by atoms with Crippen molar-refractivity contribution in [3.05, 3.63) is 180 Å². The molecule has 2 atom stereocenters. The van der Waals surface area contributed by atoms with Crippen LogP contribution in [0.3, 0.4) is 0 Å². The normalized spacial score (nSPS) is 16.3. The van der Waals surface area contributed by atoms with Gasteiger partial charge in [-0.2, -0.15) is 0 Å². The Labute approximate surface area is 275 Å². The molecule has 0 saturated heterocycles. The topological polar surface area (TPSA) is 9.86 Å². The molecule has 0 spiro atoms. The average Bonchev–Trinajstić information content (AvgIpc) is 3.84. The second-order valence-corrected chi connectivity index (χ2v) is 13.8. The van der Waals surface area contributed by atoms with Gasteiger partial charge < -0.3 is 9.13 Å². The SMILES string of the molecule is CC(C)(C1c2ccccc2-c2c1c1ccccc1n2-c1ccccc1)C1c2ccccc2-c2c1c1ccccc1n2-c1ccccc1. The van der Waals surface area contributed by atoms with Crippen molar-refractivity contribution in [2.24, 2.45) is 5.41 Å². The van der Waals surface area contributed by atoms with Crippen LogP contribution in [0.2, 0.25) is 0 Å². The van der Waals surface area contributed by atoms with Crippen LogP contribution in [0, 0.1) is 5.41 Å². The molecule has 224 valence electrons. The summed E-state index contributed by atoms with van der Waals surface area (Å²) in [6.45, 7) is 5.06. The molecule has 0 saturated carbocycles. The first kappa shape index (κ1) is 26.6. The van der Waals surface area contributed by atoms with E-state index in [2.05, 4.69) is 181 Å². The molecule has 0 aliphatic heterocycles. The summed E-state index contributed by atoms with van der Waals surface area (Å²) in [4.78, 5) is 0. The van der Waals surface area contributed by atoms with E-state index in [1.54, 1.807) is 0 Å². The molecule has 2 nitrogen and oxygen atoms in total. The van der Waals surface area contributed by atoms with Crippen molar-refractivity contribution in [2.45, 2.75) is 25.7 Å². The summed E-state index contributed by atoms with van der Waals surface area (Å²) in [5.74, 6) is 0.373. The molecule has 2 aliphatic carbocycles. The lowest BCUT2D eigenvalue weighted by atomic mass is 9.62. The number of aromatic nitrogens is 2. The quantitative estimate of drug-likeness (QED) is 0.190. The van der Waals surface area contributed by atoms with E-state index in [1.165, 1.54) is 77.9 Å². The Hall–Kier alpha value is -5.60. The Morgan fingerprint density at radius 3 is 1.21 bits per heavy atom. The molecule has 0 fully saturated rings. The molecule has 0 bridgehead atoms. The predicted octanol–water partition coefficient (Wildman–Crippen LogP) is 11.5. The molecule has 8 aromatic rings. The fourth-order valence-corrected chi connectivity index (χ4v) is 9.29. The van der Waals surface area contributed by atoms with Gasteiger partial charge >= 0.3 is 0 Å². The van der Waals surface area contributed by atoms with Crippen molar-refractivity contribution >= 4 is 21.8 Å². The van der Waals surface area contributed by atoms with E-state index in [-0.39, 0.29) is 17.3 Å². The second kappa shape index (κ2) is 9.70. The molecule has 2 aliphatic rings. The zero-order valence-electron chi connectivity index (χ0n) is 26.6. The van der Waals surface area contributed by atoms with Gasteiger partial charge in [0, 0.05) is 45.1 Å². The molecular weight excluding hydrogens is 569 g/mol. The van der Waals surface area contributed by atoms with Crippen molar-refractivity contribution in [1.82, 2.24) is 9.13 Å². The van der Waals surface area contributed by atoms with E-state index < -0.39 is 0 Å². The fraction of sp³-hybridized carbons (Fsp3) is 0.111. The second-order valence-electron chi connectivity index (χ2n) is 13.8. The number of para-hydroxylation sites is 4. The fourth-order valence-electron chi connectivity index (χ4n) is 9.29. The molecule has 6 aromatic carbocycles. The van der Waals surface area contributed by atoms with Gasteiger partial charge in [0.25, 0.3) is 0 Å². The zero-order chi connectivity index (χ0) is 31.3. The molecule has 2 unspecified atom stereocenters. The third-order valence-electron chi connectivity index (χ3n) is 11.0. The Morgan fingerprint density at radius 2 is 0.766 bits per heavy atom. The van der Waals surface area contributed by atoms with Gasteiger partial charge in [-0.05, 0) is 64.1 Å². The van der Waals surface area contributed by atoms with Gasteiger partial charge in [-0.3, -0.25) is 0 Å². The minimum absolute atomic E-state index is 0.181. The van der Waals surface area contributed by atoms with Gasteiger partial charge in [0.05, 0.1) is 22.4 Å². The van der Waals surface area contributed by atoms with Gasteiger partial charge in [0.1, 0.15) is 0 Å².